The van der Waals surface area contributed by atoms with Crippen LogP contribution < -0.4 is 5.32 Å². The van der Waals surface area contributed by atoms with Crippen molar-refractivity contribution >= 4 is 38.3 Å². The van der Waals surface area contributed by atoms with Crippen LogP contribution in [0.25, 0.3) is 11.3 Å². The number of anilines is 1. The first-order valence-electron chi connectivity index (χ1n) is 9.82. The van der Waals surface area contributed by atoms with Crippen molar-refractivity contribution < 1.29 is 4.79 Å². The van der Waals surface area contributed by atoms with Crippen molar-refractivity contribution in [2.45, 2.75) is 19.3 Å². The molecular formula is C25H21BrN2OS. The maximum atomic E-state index is 13.4. The number of amides is 1. The van der Waals surface area contributed by atoms with Crippen LogP contribution in [0.5, 0.6) is 0 Å². The standard InChI is InChI=1S/C25H21BrN2OS/c1-2-21-23(19-13-15-20(26)16-14-19)27-25(30-21)28-24(29)22(17-9-5-3-6-10-17)18-11-7-4-8-12-18/h3-16,22H,2H2,1H3,(H,27,28,29). The fraction of sp³-hybridized carbons (Fsp3) is 0.120. The third-order valence-electron chi connectivity index (χ3n) is 4.89. The number of hydrogen-bond donors (Lipinski definition) is 1. The van der Waals surface area contributed by atoms with E-state index in [1.165, 1.54) is 11.3 Å². The minimum absolute atomic E-state index is 0.0776. The Bertz CT molecular complexity index is 1090. The number of aryl methyl sites for hydroxylation is 1. The number of carbonyl (C=O) groups is 1. The molecule has 0 atom stereocenters. The summed E-state index contributed by atoms with van der Waals surface area (Å²) in [7, 11) is 0. The van der Waals surface area contributed by atoms with Crippen molar-refractivity contribution in [1.29, 1.82) is 0 Å². The number of hydrogen-bond acceptors (Lipinski definition) is 3. The average Bonchev–Trinajstić information content (AvgIpc) is 3.18. The van der Waals surface area contributed by atoms with E-state index in [9.17, 15) is 4.79 Å². The van der Waals surface area contributed by atoms with Gasteiger partial charge in [-0.3, -0.25) is 4.79 Å². The molecule has 0 unspecified atom stereocenters. The van der Waals surface area contributed by atoms with Gasteiger partial charge in [0.15, 0.2) is 5.13 Å². The molecule has 1 N–H and O–H groups in total. The molecule has 0 bridgehead atoms. The molecule has 3 nitrogen and oxygen atoms in total. The number of carbonyl (C=O) groups excluding carboxylic acids is 1. The van der Waals surface area contributed by atoms with Gasteiger partial charge in [-0.15, -0.1) is 11.3 Å². The predicted molar refractivity (Wildman–Crippen MR) is 128 cm³/mol. The molecule has 0 saturated heterocycles. The first-order valence-corrected chi connectivity index (χ1v) is 11.4. The van der Waals surface area contributed by atoms with Gasteiger partial charge in [0.1, 0.15) is 0 Å². The van der Waals surface area contributed by atoms with Gasteiger partial charge in [-0.2, -0.15) is 0 Å². The summed E-state index contributed by atoms with van der Waals surface area (Å²) in [5.74, 6) is -0.469. The lowest BCUT2D eigenvalue weighted by molar-refractivity contribution is -0.116. The number of thiazole rings is 1. The number of nitrogens with one attached hydrogen (secondary N) is 1. The summed E-state index contributed by atoms with van der Waals surface area (Å²) >= 11 is 5.02. The molecule has 0 aliphatic heterocycles. The highest BCUT2D eigenvalue weighted by Crippen LogP contribution is 2.33. The normalized spacial score (nSPS) is 10.9. The van der Waals surface area contributed by atoms with Gasteiger partial charge in [-0.25, -0.2) is 4.98 Å². The lowest BCUT2D eigenvalue weighted by Crippen LogP contribution is -2.22. The van der Waals surface area contributed by atoms with Crippen molar-refractivity contribution in [3.05, 3.63) is 105 Å². The minimum atomic E-state index is -0.391. The van der Waals surface area contributed by atoms with Crippen molar-refractivity contribution in [3.63, 3.8) is 0 Å². The molecule has 0 saturated carbocycles. The summed E-state index contributed by atoms with van der Waals surface area (Å²) in [6.07, 6.45) is 0.861. The highest BCUT2D eigenvalue weighted by Gasteiger charge is 2.24. The molecule has 30 heavy (non-hydrogen) atoms. The lowest BCUT2D eigenvalue weighted by Gasteiger charge is -2.17. The fourth-order valence-corrected chi connectivity index (χ4v) is 4.63. The first kappa shape index (κ1) is 20.5. The zero-order valence-corrected chi connectivity index (χ0v) is 18.9. The summed E-state index contributed by atoms with van der Waals surface area (Å²) in [6, 6.07) is 27.8. The lowest BCUT2D eigenvalue weighted by atomic mass is 9.90. The van der Waals surface area contributed by atoms with Gasteiger partial charge in [-0.1, -0.05) is 95.7 Å². The highest BCUT2D eigenvalue weighted by molar-refractivity contribution is 9.10. The van der Waals surface area contributed by atoms with Gasteiger partial charge in [0.05, 0.1) is 11.6 Å². The van der Waals surface area contributed by atoms with Crippen LogP contribution in [0, 0.1) is 0 Å². The Morgan fingerprint density at radius 3 is 2.03 bits per heavy atom. The van der Waals surface area contributed by atoms with E-state index in [1.54, 1.807) is 0 Å². The number of aromatic nitrogens is 1. The second-order valence-corrected chi connectivity index (χ2v) is 8.89. The molecule has 1 amide bonds. The molecule has 0 aliphatic carbocycles. The van der Waals surface area contributed by atoms with Crippen molar-refractivity contribution in [1.82, 2.24) is 4.98 Å². The largest absolute Gasteiger partial charge is 0.301 e. The van der Waals surface area contributed by atoms with Crippen LogP contribution in [0.15, 0.2) is 89.4 Å². The quantitative estimate of drug-likeness (QED) is 0.328. The molecule has 150 valence electrons. The number of rotatable bonds is 6. The van der Waals surface area contributed by atoms with E-state index in [2.05, 4.69) is 28.2 Å². The summed E-state index contributed by atoms with van der Waals surface area (Å²) < 4.78 is 1.03. The Morgan fingerprint density at radius 2 is 1.50 bits per heavy atom. The SMILES string of the molecule is CCc1sc(NC(=O)C(c2ccccc2)c2ccccc2)nc1-c1ccc(Br)cc1. The van der Waals surface area contributed by atoms with Crippen molar-refractivity contribution in [2.75, 3.05) is 5.32 Å². The van der Waals surface area contributed by atoms with Crippen LogP contribution in [-0.4, -0.2) is 10.9 Å². The summed E-state index contributed by atoms with van der Waals surface area (Å²) in [5.41, 5.74) is 3.90. The van der Waals surface area contributed by atoms with Gasteiger partial charge >= 0.3 is 0 Å². The van der Waals surface area contributed by atoms with E-state index in [-0.39, 0.29) is 5.91 Å². The molecular weight excluding hydrogens is 456 g/mol. The monoisotopic (exact) mass is 476 g/mol. The van der Waals surface area contributed by atoms with E-state index in [0.29, 0.717) is 5.13 Å². The van der Waals surface area contributed by atoms with Crippen LogP contribution in [0.4, 0.5) is 5.13 Å². The van der Waals surface area contributed by atoms with E-state index in [1.807, 2.05) is 84.9 Å². The van der Waals surface area contributed by atoms with Crippen LogP contribution in [0.3, 0.4) is 0 Å². The molecule has 3 aromatic carbocycles. The molecule has 0 aliphatic rings. The Balaban J connectivity index is 1.65. The Labute approximate surface area is 189 Å². The van der Waals surface area contributed by atoms with Gasteiger partial charge in [-0.05, 0) is 29.7 Å². The second kappa shape index (κ2) is 9.37. The smallest absolute Gasteiger partial charge is 0.238 e. The number of nitrogens with zero attached hydrogens (tertiary/aromatic N) is 1. The fourth-order valence-electron chi connectivity index (χ4n) is 3.44. The molecule has 4 aromatic rings. The van der Waals surface area contributed by atoms with Crippen LogP contribution in [-0.2, 0) is 11.2 Å². The van der Waals surface area contributed by atoms with Gasteiger partial charge in [0.2, 0.25) is 5.91 Å². The maximum absolute atomic E-state index is 13.4. The third-order valence-corrected chi connectivity index (χ3v) is 6.54. The minimum Gasteiger partial charge on any atom is -0.301 e. The molecule has 4 rings (SSSR count). The molecule has 0 spiro atoms. The van der Waals surface area contributed by atoms with Gasteiger partial charge in [0, 0.05) is 14.9 Å². The van der Waals surface area contributed by atoms with Gasteiger partial charge in [0.25, 0.3) is 0 Å². The van der Waals surface area contributed by atoms with E-state index < -0.39 is 5.92 Å². The summed E-state index contributed by atoms with van der Waals surface area (Å²) in [6.45, 7) is 2.11. The van der Waals surface area contributed by atoms with Crippen molar-refractivity contribution in [3.8, 4) is 11.3 Å². The van der Waals surface area contributed by atoms with E-state index in [0.717, 1.165) is 38.2 Å². The zero-order valence-electron chi connectivity index (χ0n) is 16.5. The van der Waals surface area contributed by atoms with Crippen LogP contribution in [0.2, 0.25) is 0 Å². The van der Waals surface area contributed by atoms with Gasteiger partial charge < -0.3 is 5.32 Å². The first-order chi connectivity index (χ1) is 14.7. The zero-order chi connectivity index (χ0) is 20.9. The van der Waals surface area contributed by atoms with Crippen molar-refractivity contribution in [2.24, 2.45) is 0 Å². The Morgan fingerprint density at radius 1 is 0.933 bits per heavy atom. The summed E-state index contributed by atoms with van der Waals surface area (Å²) in [5, 5.41) is 3.71. The Kier molecular flexibility index (Phi) is 6.41. The molecule has 1 aromatic heterocycles. The number of halogens is 1. The molecule has 0 fully saturated rings. The highest BCUT2D eigenvalue weighted by atomic mass is 79.9. The van der Waals surface area contributed by atoms with Crippen LogP contribution >= 0.6 is 27.3 Å². The van der Waals surface area contributed by atoms with E-state index in [4.69, 9.17) is 4.98 Å². The predicted octanol–water partition coefficient (Wildman–Crippen LogP) is 6.91. The van der Waals surface area contributed by atoms with E-state index >= 15 is 0 Å². The average molecular weight is 477 g/mol. The topological polar surface area (TPSA) is 42.0 Å². The second-order valence-electron chi connectivity index (χ2n) is 6.89. The third kappa shape index (κ3) is 4.53. The number of benzene rings is 3. The molecule has 5 heteroatoms. The van der Waals surface area contributed by atoms with Crippen LogP contribution in [0.1, 0.15) is 28.8 Å². The molecule has 0 radical (unpaired) electrons. The molecule has 1 heterocycles. The summed E-state index contributed by atoms with van der Waals surface area (Å²) in [4.78, 5) is 19.3. The Hall–Kier alpha value is -2.76. The maximum Gasteiger partial charge on any atom is 0.238 e.